The van der Waals surface area contributed by atoms with Crippen LogP contribution in [0.4, 0.5) is 24.5 Å². The Bertz CT molecular complexity index is 990. The molecule has 0 saturated carbocycles. The fourth-order valence-electron chi connectivity index (χ4n) is 2.79. The van der Waals surface area contributed by atoms with Crippen molar-refractivity contribution in [2.45, 2.75) is 12.7 Å². The Kier molecular flexibility index (Phi) is 5.97. The van der Waals surface area contributed by atoms with E-state index in [4.69, 9.17) is 0 Å². The first-order valence-electron chi connectivity index (χ1n) is 8.74. The van der Waals surface area contributed by atoms with Crippen LogP contribution in [0.3, 0.4) is 0 Å². The maximum atomic E-state index is 13.2. The molecule has 3 rings (SSSR count). The van der Waals surface area contributed by atoms with Gasteiger partial charge in [-0.15, -0.1) is 0 Å². The first kappa shape index (κ1) is 20.1. The van der Waals surface area contributed by atoms with Crippen LogP contribution in [0, 0.1) is 0 Å². The molecule has 0 atom stereocenters. The van der Waals surface area contributed by atoms with Crippen LogP contribution in [0.1, 0.15) is 11.1 Å². The van der Waals surface area contributed by atoms with Crippen LogP contribution >= 0.6 is 0 Å². The largest absolute Gasteiger partial charge is 0.418 e. The van der Waals surface area contributed by atoms with Crippen LogP contribution in [0.5, 0.6) is 0 Å². The molecule has 0 aliphatic heterocycles. The van der Waals surface area contributed by atoms with Crippen LogP contribution in [0.15, 0.2) is 84.9 Å². The summed E-state index contributed by atoms with van der Waals surface area (Å²) in [5.41, 5.74) is -0.254. The SMILES string of the molecule is O=C(Nc1ccccc1C(F)(F)F)C(=O)N(Cc1ccccc1)c1ccccc1. The van der Waals surface area contributed by atoms with Crippen molar-refractivity contribution < 1.29 is 22.8 Å². The minimum absolute atomic E-state index is 0.0953. The Morgan fingerprint density at radius 2 is 1.34 bits per heavy atom. The van der Waals surface area contributed by atoms with Crippen LogP contribution in [0.2, 0.25) is 0 Å². The van der Waals surface area contributed by atoms with Gasteiger partial charge in [0.2, 0.25) is 0 Å². The molecule has 2 amide bonds. The van der Waals surface area contributed by atoms with E-state index in [0.29, 0.717) is 5.69 Å². The topological polar surface area (TPSA) is 49.4 Å². The van der Waals surface area contributed by atoms with Crippen molar-refractivity contribution in [1.82, 2.24) is 0 Å². The molecule has 3 aromatic rings. The lowest BCUT2D eigenvalue weighted by atomic mass is 10.1. The predicted octanol–water partition coefficient (Wildman–Crippen LogP) is 4.88. The molecule has 0 aliphatic rings. The van der Waals surface area contributed by atoms with Crippen LogP contribution < -0.4 is 10.2 Å². The van der Waals surface area contributed by atoms with E-state index in [0.717, 1.165) is 17.7 Å². The number of amides is 2. The van der Waals surface area contributed by atoms with Crippen LogP contribution in [0.25, 0.3) is 0 Å². The molecule has 0 fully saturated rings. The third-order valence-corrected chi connectivity index (χ3v) is 4.17. The summed E-state index contributed by atoms with van der Waals surface area (Å²) in [7, 11) is 0. The third kappa shape index (κ3) is 5.01. The van der Waals surface area contributed by atoms with Gasteiger partial charge in [0.25, 0.3) is 0 Å². The molecule has 7 heteroatoms. The smallest absolute Gasteiger partial charge is 0.317 e. The predicted molar refractivity (Wildman–Crippen MR) is 104 cm³/mol. The summed E-state index contributed by atoms with van der Waals surface area (Å²) in [5, 5.41) is 2.10. The van der Waals surface area contributed by atoms with Crippen molar-refractivity contribution in [3.8, 4) is 0 Å². The average molecular weight is 398 g/mol. The van der Waals surface area contributed by atoms with E-state index >= 15 is 0 Å². The van der Waals surface area contributed by atoms with E-state index in [-0.39, 0.29) is 6.54 Å². The Balaban J connectivity index is 1.87. The maximum Gasteiger partial charge on any atom is 0.418 e. The highest BCUT2D eigenvalue weighted by Crippen LogP contribution is 2.34. The standard InChI is InChI=1S/C22H17F3N2O2/c23-22(24,25)18-13-7-8-14-19(18)26-20(28)21(29)27(17-11-5-2-6-12-17)15-16-9-3-1-4-10-16/h1-14H,15H2,(H,26,28). The number of rotatable bonds is 4. The van der Waals surface area contributed by atoms with Crippen molar-refractivity contribution in [3.63, 3.8) is 0 Å². The molecule has 4 nitrogen and oxygen atoms in total. The molecule has 0 heterocycles. The van der Waals surface area contributed by atoms with Gasteiger partial charge in [-0.1, -0.05) is 60.7 Å². The van der Waals surface area contributed by atoms with Gasteiger partial charge < -0.3 is 5.32 Å². The van der Waals surface area contributed by atoms with E-state index < -0.39 is 29.2 Å². The summed E-state index contributed by atoms with van der Waals surface area (Å²) in [6.07, 6.45) is -4.66. The van der Waals surface area contributed by atoms with E-state index in [2.05, 4.69) is 5.32 Å². The van der Waals surface area contributed by atoms with Gasteiger partial charge in [0.15, 0.2) is 0 Å². The van der Waals surface area contributed by atoms with Crippen molar-refractivity contribution in [2.75, 3.05) is 10.2 Å². The second-order valence-corrected chi connectivity index (χ2v) is 6.21. The lowest BCUT2D eigenvalue weighted by Crippen LogP contribution is -2.39. The zero-order valence-corrected chi connectivity index (χ0v) is 15.2. The Morgan fingerprint density at radius 1 is 0.793 bits per heavy atom. The summed E-state index contributed by atoms with van der Waals surface area (Å²) in [6, 6.07) is 22.0. The molecule has 29 heavy (non-hydrogen) atoms. The van der Waals surface area contributed by atoms with E-state index in [1.807, 2.05) is 6.07 Å². The Hall–Kier alpha value is -3.61. The molecule has 148 valence electrons. The zero-order chi connectivity index (χ0) is 20.9. The number of nitrogens with one attached hydrogen (secondary N) is 1. The molecule has 0 aliphatic carbocycles. The average Bonchev–Trinajstić information content (AvgIpc) is 2.72. The second-order valence-electron chi connectivity index (χ2n) is 6.21. The molecule has 0 aromatic heterocycles. The van der Waals surface area contributed by atoms with Crippen LogP contribution in [-0.4, -0.2) is 11.8 Å². The normalized spacial score (nSPS) is 11.0. The van der Waals surface area contributed by atoms with Gasteiger partial charge in [-0.3, -0.25) is 14.5 Å². The van der Waals surface area contributed by atoms with Gasteiger partial charge in [-0.25, -0.2) is 0 Å². The maximum absolute atomic E-state index is 13.2. The summed E-state index contributed by atoms with van der Waals surface area (Å²) < 4.78 is 39.5. The molecule has 0 spiro atoms. The molecular formula is C22H17F3N2O2. The lowest BCUT2D eigenvalue weighted by Gasteiger charge is -2.23. The van der Waals surface area contributed by atoms with Gasteiger partial charge in [0, 0.05) is 5.69 Å². The monoisotopic (exact) mass is 398 g/mol. The van der Waals surface area contributed by atoms with Gasteiger partial charge in [-0.2, -0.15) is 13.2 Å². The quantitative estimate of drug-likeness (QED) is 0.637. The highest BCUT2D eigenvalue weighted by molar-refractivity contribution is 6.44. The van der Waals surface area contributed by atoms with Gasteiger partial charge in [0.05, 0.1) is 17.8 Å². The van der Waals surface area contributed by atoms with E-state index in [1.54, 1.807) is 54.6 Å². The highest BCUT2D eigenvalue weighted by atomic mass is 19.4. The van der Waals surface area contributed by atoms with Crippen LogP contribution in [-0.2, 0) is 22.3 Å². The number of benzene rings is 3. The first-order valence-corrected chi connectivity index (χ1v) is 8.74. The van der Waals surface area contributed by atoms with Gasteiger partial charge in [-0.05, 0) is 29.8 Å². The molecule has 0 saturated heterocycles. The lowest BCUT2D eigenvalue weighted by molar-refractivity contribution is -0.137. The number of carbonyl (C=O) groups is 2. The zero-order valence-electron chi connectivity index (χ0n) is 15.2. The molecule has 3 aromatic carbocycles. The fourth-order valence-corrected chi connectivity index (χ4v) is 2.79. The van der Waals surface area contributed by atoms with E-state index in [9.17, 15) is 22.8 Å². The molecule has 0 bridgehead atoms. The first-order chi connectivity index (χ1) is 13.9. The van der Waals surface area contributed by atoms with E-state index in [1.165, 1.54) is 17.0 Å². The minimum Gasteiger partial charge on any atom is -0.317 e. The number of hydrogen-bond donors (Lipinski definition) is 1. The highest BCUT2D eigenvalue weighted by Gasteiger charge is 2.34. The molecule has 1 N–H and O–H groups in total. The Morgan fingerprint density at radius 3 is 1.97 bits per heavy atom. The van der Waals surface area contributed by atoms with Crippen molar-refractivity contribution in [1.29, 1.82) is 0 Å². The molecule has 0 unspecified atom stereocenters. The summed E-state index contributed by atoms with van der Waals surface area (Å²) in [5.74, 6) is -2.11. The number of para-hydroxylation sites is 2. The summed E-state index contributed by atoms with van der Waals surface area (Å²) in [4.78, 5) is 26.6. The number of halogens is 3. The second kappa shape index (κ2) is 8.60. The molecule has 0 radical (unpaired) electrons. The minimum atomic E-state index is -4.66. The summed E-state index contributed by atoms with van der Waals surface area (Å²) in [6.45, 7) is 0.0953. The van der Waals surface area contributed by atoms with Crippen molar-refractivity contribution >= 4 is 23.2 Å². The number of carbonyl (C=O) groups excluding carboxylic acids is 2. The number of alkyl halides is 3. The number of nitrogens with zero attached hydrogens (tertiary/aromatic N) is 1. The number of hydrogen-bond acceptors (Lipinski definition) is 2. The number of anilines is 2. The fraction of sp³-hybridized carbons (Fsp3) is 0.0909. The third-order valence-electron chi connectivity index (χ3n) is 4.17. The van der Waals surface area contributed by atoms with Crippen molar-refractivity contribution in [2.24, 2.45) is 0 Å². The van der Waals surface area contributed by atoms with Gasteiger partial charge >= 0.3 is 18.0 Å². The molecular weight excluding hydrogens is 381 g/mol. The Labute approximate surface area is 165 Å². The van der Waals surface area contributed by atoms with Crippen molar-refractivity contribution in [3.05, 3.63) is 96.1 Å². The van der Waals surface area contributed by atoms with Gasteiger partial charge in [0.1, 0.15) is 0 Å². The summed E-state index contributed by atoms with van der Waals surface area (Å²) >= 11 is 0.